The number of aromatic hydroxyl groups is 1. The van der Waals surface area contributed by atoms with E-state index in [-0.39, 0.29) is 23.1 Å². The van der Waals surface area contributed by atoms with Gasteiger partial charge in [-0.15, -0.1) is 0 Å². The van der Waals surface area contributed by atoms with Crippen molar-refractivity contribution in [1.82, 2.24) is 10.2 Å². The van der Waals surface area contributed by atoms with E-state index in [2.05, 4.69) is 27.3 Å². The van der Waals surface area contributed by atoms with Crippen molar-refractivity contribution in [3.8, 4) is 17.9 Å². The second kappa shape index (κ2) is 14.2. The van der Waals surface area contributed by atoms with Gasteiger partial charge in [0.15, 0.2) is 0 Å². The molecule has 1 atom stereocenters. The highest BCUT2D eigenvalue weighted by atomic mass is 35.5. The first kappa shape index (κ1) is 28.7. The number of piperazine rings is 1. The minimum atomic E-state index is -0.278. The summed E-state index contributed by atoms with van der Waals surface area (Å²) in [5, 5.41) is 32.5. The molecule has 1 amide bonds. The minimum Gasteiger partial charge on any atom is -0.507 e. The topological polar surface area (TPSA) is 103 Å². The van der Waals surface area contributed by atoms with Gasteiger partial charge in [-0.05, 0) is 74.8 Å². The Kier molecular flexibility index (Phi) is 10.5. The van der Waals surface area contributed by atoms with Crippen LogP contribution in [-0.2, 0) is 0 Å². The molecule has 1 aliphatic carbocycles. The van der Waals surface area contributed by atoms with Crippen LogP contribution in [-0.4, -0.2) is 55.2 Å². The zero-order chi connectivity index (χ0) is 27.6. The smallest absolute Gasteiger partial charge is 0.255 e. The Labute approximate surface area is 237 Å². The summed E-state index contributed by atoms with van der Waals surface area (Å²) in [6.07, 6.45) is 7.32. The van der Waals surface area contributed by atoms with Crippen molar-refractivity contribution in [3.05, 3.63) is 58.6 Å². The van der Waals surface area contributed by atoms with Crippen molar-refractivity contribution in [1.29, 1.82) is 10.5 Å². The van der Waals surface area contributed by atoms with E-state index in [0.29, 0.717) is 23.0 Å². The fraction of sp³-hybridized carbons (Fsp3) is 0.516. The van der Waals surface area contributed by atoms with E-state index in [9.17, 15) is 20.4 Å². The molecule has 2 aromatic carbocycles. The maximum atomic E-state index is 12.3. The molecule has 7 nitrogen and oxygen atoms in total. The van der Waals surface area contributed by atoms with Crippen molar-refractivity contribution < 1.29 is 9.90 Å². The van der Waals surface area contributed by atoms with Crippen molar-refractivity contribution in [3.63, 3.8) is 0 Å². The zero-order valence-corrected chi connectivity index (χ0v) is 23.2. The fourth-order valence-electron chi connectivity index (χ4n) is 6.03. The average Bonchev–Trinajstić information content (AvgIpc) is 2.97. The van der Waals surface area contributed by atoms with Crippen LogP contribution in [0.25, 0.3) is 0 Å². The quantitative estimate of drug-likeness (QED) is 0.376. The maximum Gasteiger partial charge on any atom is 0.255 e. The van der Waals surface area contributed by atoms with Crippen LogP contribution in [0, 0.1) is 40.4 Å². The number of benzene rings is 2. The van der Waals surface area contributed by atoms with E-state index < -0.39 is 0 Å². The molecule has 0 aromatic heterocycles. The highest BCUT2D eigenvalue weighted by molar-refractivity contribution is 6.32. The maximum absolute atomic E-state index is 12.3. The predicted octanol–water partition coefficient (Wildman–Crippen LogP) is 5.59. The first-order valence-corrected chi connectivity index (χ1v) is 14.5. The number of carbonyl (C=O) groups excluding carboxylic acids is 1. The Balaban J connectivity index is 1.12. The summed E-state index contributed by atoms with van der Waals surface area (Å²) in [5.41, 5.74) is 1.79. The number of phenols is 1. The molecule has 4 rings (SSSR count). The van der Waals surface area contributed by atoms with Crippen LogP contribution in [0.5, 0.6) is 5.75 Å². The second-order valence-electron chi connectivity index (χ2n) is 10.8. The lowest BCUT2D eigenvalue weighted by Crippen LogP contribution is -2.47. The van der Waals surface area contributed by atoms with E-state index in [1.165, 1.54) is 25.3 Å². The summed E-state index contributed by atoms with van der Waals surface area (Å²) in [7, 11) is 0. The van der Waals surface area contributed by atoms with Crippen LogP contribution in [0.1, 0.15) is 60.9 Å². The van der Waals surface area contributed by atoms with Gasteiger partial charge in [-0.3, -0.25) is 9.69 Å². The third kappa shape index (κ3) is 7.66. The summed E-state index contributed by atoms with van der Waals surface area (Å²) in [6.45, 7) is 5.38. The van der Waals surface area contributed by atoms with E-state index in [4.69, 9.17) is 11.6 Å². The summed E-state index contributed by atoms with van der Waals surface area (Å²) >= 11 is 6.22. The predicted molar refractivity (Wildman–Crippen MR) is 154 cm³/mol. The van der Waals surface area contributed by atoms with Crippen molar-refractivity contribution >= 4 is 23.2 Å². The largest absolute Gasteiger partial charge is 0.507 e. The first-order valence-electron chi connectivity index (χ1n) is 14.1. The van der Waals surface area contributed by atoms with E-state index in [1.54, 1.807) is 24.3 Å². The van der Waals surface area contributed by atoms with Gasteiger partial charge in [-0.25, -0.2) is 0 Å². The summed E-state index contributed by atoms with van der Waals surface area (Å²) in [5.74, 6) is 0.895. The molecule has 2 aromatic rings. The molecule has 1 unspecified atom stereocenters. The number of nitrogens with one attached hydrogen (secondary N) is 1. The van der Waals surface area contributed by atoms with Gasteiger partial charge in [-0.1, -0.05) is 42.6 Å². The Hall–Kier alpha value is -3.26. The summed E-state index contributed by atoms with van der Waals surface area (Å²) < 4.78 is 0. The van der Waals surface area contributed by atoms with Gasteiger partial charge in [-0.2, -0.15) is 10.5 Å². The van der Waals surface area contributed by atoms with Crippen molar-refractivity contribution in [2.24, 2.45) is 17.8 Å². The van der Waals surface area contributed by atoms with Crippen LogP contribution < -0.4 is 10.2 Å². The van der Waals surface area contributed by atoms with Gasteiger partial charge in [0.2, 0.25) is 0 Å². The van der Waals surface area contributed by atoms with E-state index >= 15 is 0 Å². The fourth-order valence-corrected chi connectivity index (χ4v) is 6.25. The van der Waals surface area contributed by atoms with Gasteiger partial charge >= 0.3 is 0 Å². The van der Waals surface area contributed by atoms with Crippen LogP contribution in [0.4, 0.5) is 5.69 Å². The number of halogens is 1. The molecule has 1 saturated carbocycles. The molecule has 0 bridgehead atoms. The lowest BCUT2D eigenvalue weighted by Gasteiger charge is -2.38. The van der Waals surface area contributed by atoms with Gasteiger partial charge < -0.3 is 15.3 Å². The Morgan fingerprint density at radius 2 is 1.79 bits per heavy atom. The molecule has 0 spiro atoms. The molecule has 2 aliphatic rings. The number of nitriles is 2. The summed E-state index contributed by atoms with van der Waals surface area (Å²) in [4.78, 5) is 17.1. The Morgan fingerprint density at radius 1 is 1.05 bits per heavy atom. The molecule has 1 aliphatic heterocycles. The zero-order valence-electron chi connectivity index (χ0n) is 22.5. The number of hydrogen-bond donors (Lipinski definition) is 2. The number of nitrogens with zero attached hydrogens (tertiary/aromatic N) is 4. The monoisotopic (exact) mass is 547 g/mol. The molecule has 206 valence electrons. The number of phenolic OH excluding ortho intramolecular Hbond substituents is 1. The number of para-hydroxylation sites is 1. The van der Waals surface area contributed by atoms with Crippen LogP contribution in [0.2, 0.25) is 5.02 Å². The molecule has 39 heavy (non-hydrogen) atoms. The van der Waals surface area contributed by atoms with Crippen molar-refractivity contribution in [2.45, 2.75) is 44.9 Å². The normalized spacial score (nSPS) is 20.5. The number of carbonyl (C=O) groups is 1. The highest BCUT2D eigenvalue weighted by Crippen LogP contribution is 2.36. The SMILES string of the molecule is N#Cc1c(Cl)cccc1N1CCN(CCC2CCC(C(C#N)CCCNC(=O)c3ccccc3O)CC2)CC1. The molecule has 1 heterocycles. The Morgan fingerprint density at radius 3 is 2.49 bits per heavy atom. The van der Waals surface area contributed by atoms with Crippen LogP contribution >= 0.6 is 11.6 Å². The number of anilines is 1. The molecule has 0 radical (unpaired) electrons. The van der Waals surface area contributed by atoms with Gasteiger partial charge in [0.25, 0.3) is 5.91 Å². The molecule has 1 saturated heterocycles. The van der Waals surface area contributed by atoms with E-state index in [1.807, 2.05) is 12.1 Å². The van der Waals surface area contributed by atoms with Gasteiger partial charge in [0, 0.05) is 38.6 Å². The molecule has 2 N–H and O–H groups in total. The standard InChI is InChI=1S/C31H38ClN5O2/c32-28-7-3-8-29(27(28)22-34)37-19-17-36(18-20-37)16-14-23-10-12-24(13-11-23)25(21-33)5-4-15-35-31(39)26-6-1-2-9-30(26)38/h1-3,6-9,23-25,38H,4-5,10-20H2,(H,35,39). The number of hydrogen-bond acceptors (Lipinski definition) is 6. The molecule has 8 heteroatoms. The van der Waals surface area contributed by atoms with Crippen LogP contribution in [0.3, 0.4) is 0 Å². The summed E-state index contributed by atoms with van der Waals surface area (Å²) in [6, 6.07) is 17.0. The highest BCUT2D eigenvalue weighted by Gasteiger charge is 2.28. The van der Waals surface area contributed by atoms with Gasteiger partial charge in [0.1, 0.15) is 11.8 Å². The third-order valence-corrected chi connectivity index (χ3v) is 8.74. The van der Waals surface area contributed by atoms with E-state index in [0.717, 1.165) is 70.0 Å². The first-order chi connectivity index (χ1) is 19.0. The number of rotatable bonds is 10. The second-order valence-corrected chi connectivity index (χ2v) is 11.2. The van der Waals surface area contributed by atoms with Gasteiger partial charge in [0.05, 0.1) is 27.9 Å². The van der Waals surface area contributed by atoms with Crippen LogP contribution in [0.15, 0.2) is 42.5 Å². The van der Waals surface area contributed by atoms with Crippen molar-refractivity contribution in [2.75, 3.05) is 44.2 Å². The Bertz CT molecular complexity index is 1190. The third-order valence-electron chi connectivity index (χ3n) is 8.42. The average molecular weight is 548 g/mol. The molecule has 2 fully saturated rings. The number of amides is 1. The lowest BCUT2D eigenvalue weighted by atomic mass is 9.74. The molecular formula is C31H38ClN5O2. The molecular weight excluding hydrogens is 510 g/mol. The lowest BCUT2D eigenvalue weighted by molar-refractivity contribution is 0.0949. The minimum absolute atomic E-state index is 0.0179.